The fraction of sp³-hybridized carbons (Fsp3) is 0.0909. The van der Waals surface area contributed by atoms with Crippen LogP contribution < -0.4 is 0 Å². The molecule has 0 aliphatic rings. The van der Waals surface area contributed by atoms with Gasteiger partial charge in [0.2, 0.25) is 0 Å². The van der Waals surface area contributed by atoms with Crippen molar-refractivity contribution < 1.29 is 9.59 Å². The first-order chi connectivity index (χ1) is 12.1. The largest absolute Gasteiger partial charge is 0.345 e. The number of ketones is 1. The van der Waals surface area contributed by atoms with E-state index in [1.807, 2.05) is 36.4 Å². The zero-order valence-corrected chi connectivity index (χ0v) is 14.2. The molecule has 0 aromatic heterocycles. The van der Waals surface area contributed by atoms with Gasteiger partial charge in [-0.15, -0.1) is 0 Å². The summed E-state index contributed by atoms with van der Waals surface area (Å²) in [6.07, 6.45) is 0. The molecule has 0 saturated heterocycles. The predicted molar refractivity (Wildman–Crippen MR) is 98.6 cm³/mol. The number of hydrogen-bond donors (Lipinski definition) is 0. The summed E-state index contributed by atoms with van der Waals surface area (Å²) in [5.41, 5.74) is 3.60. The van der Waals surface area contributed by atoms with Crippen molar-refractivity contribution in [1.29, 1.82) is 0 Å². The van der Waals surface area contributed by atoms with Crippen molar-refractivity contribution in [3.8, 4) is 11.1 Å². The van der Waals surface area contributed by atoms with Crippen LogP contribution in [0.25, 0.3) is 11.1 Å². The molecule has 0 spiro atoms. The average Bonchev–Trinajstić information content (AvgIpc) is 2.67. The molecule has 1 radical (unpaired) electrons. The Morgan fingerprint density at radius 3 is 2.12 bits per heavy atom. The molecule has 3 aromatic rings. The van der Waals surface area contributed by atoms with Crippen molar-refractivity contribution in [2.75, 3.05) is 14.1 Å². The van der Waals surface area contributed by atoms with Crippen molar-refractivity contribution in [3.63, 3.8) is 0 Å². The number of nitrogens with zero attached hydrogens (tertiary/aromatic N) is 1. The number of carbonyl (C=O) groups excluding carboxylic acids is 2. The second-order valence-electron chi connectivity index (χ2n) is 5.94. The Labute approximate surface area is 147 Å². The summed E-state index contributed by atoms with van der Waals surface area (Å²) in [5.74, 6) is -0.0885. The van der Waals surface area contributed by atoms with Gasteiger partial charge in [0.1, 0.15) is 0 Å². The Hall–Kier alpha value is -3.20. The van der Waals surface area contributed by atoms with Crippen molar-refractivity contribution in [3.05, 3.63) is 95.6 Å². The number of amides is 1. The number of hydrogen-bond acceptors (Lipinski definition) is 2. The van der Waals surface area contributed by atoms with E-state index < -0.39 is 0 Å². The van der Waals surface area contributed by atoms with E-state index >= 15 is 0 Å². The smallest absolute Gasteiger partial charge is 0.253 e. The standard InChI is InChI=1S/C22H18NO2/c1-23(2)22(25)20-11-7-6-10-19(20)16-12-14-18(15-13-16)21(24)17-8-4-3-5-9-17/h3-6,8-15H,1-2H3. The third-order valence-corrected chi connectivity index (χ3v) is 3.99. The van der Waals surface area contributed by atoms with Crippen LogP contribution in [0.2, 0.25) is 0 Å². The Morgan fingerprint density at radius 1 is 0.840 bits per heavy atom. The molecule has 3 aromatic carbocycles. The van der Waals surface area contributed by atoms with Crippen LogP contribution in [-0.4, -0.2) is 30.7 Å². The Kier molecular flexibility index (Phi) is 4.75. The summed E-state index contributed by atoms with van der Waals surface area (Å²) in [4.78, 5) is 26.4. The number of benzene rings is 3. The summed E-state index contributed by atoms with van der Waals surface area (Å²) in [7, 11) is 3.45. The second-order valence-corrected chi connectivity index (χ2v) is 5.94. The highest BCUT2D eigenvalue weighted by Crippen LogP contribution is 2.25. The molecule has 0 aliphatic carbocycles. The minimum Gasteiger partial charge on any atom is -0.345 e. The molecule has 0 atom stereocenters. The summed E-state index contributed by atoms with van der Waals surface area (Å²) in [6.45, 7) is 0. The van der Waals surface area contributed by atoms with Crippen LogP contribution in [0.5, 0.6) is 0 Å². The molecule has 3 nitrogen and oxygen atoms in total. The van der Waals surface area contributed by atoms with Gasteiger partial charge >= 0.3 is 0 Å². The van der Waals surface area contributed by atoms with Crippen molar-refractivity contribution in [1.82, 2.24) is 4.90 Å². The lowest BCUT2D eigenvalue weighted by Gasteiger charge is -2.14. The first-order valence-electron chi connectivity index (χ1n) is 8.00. The minimum absolute atomic E-state index is 0.0156. The Bertz CT molecular complexity index is 897. The van der Waals surface area contributed by atoms with Crippen LogP contribution in [0.4, 0.5) is 0 Å². The Balaban J connectivity index is 1.94. The van der Waals surface area contributed by atoms with E-state index in [0.717, 1.165) is 11.1 Å². The summed E-state index contributed by atoms with van der Waals surface area (Å²) >= 11 is 0. The molecule has 3 heteroatoms. The van der Waals surface area contributed by atoms with Crippen LogP contribution in [0, 0.1) is 6.07 Å². The van der Waals surface area contributed by atoms with E-state index in [1.165, 1.54) is 0 Å². The molecule has 3 rings (SSSR count). The lowest BCUT2D eigenvalue weighted by Crippen LogP contribution is -2.22. The number of carbonyl (C=O) groups is 2. The molecular formula is C22H18NO2. The van der Waals surface area contributed by atoms with Gasteiger partial charge in [-0.1, -0.05) is 66.7 Å². The lowest BCUT2D eigenvalue weighted by molar-refractivity contribution is 0.0828. The van der Waals surface area contributed by atoms with Gasteiger partial charge in [-0.2, -0.15) is 0 Å². The van der Waals surface area contributed by atoms with E-state index in [1.54, 1.807) is 55.4 Å². The number of rotatable bonds is 4. The average molecular weight is 328 g/mol. The highest BCUT2D eigenvalue weighted by atomic mass is 16.2. The topological polar surface area (TPSA) is 37.4 Å². The van der Waals surface area contributed by atoms with Crippen LogP contribution in [-0.2, 0) is 0 Å². The lowest BCUT2D eigenvalue weighted by atomic mass is 9.96. The molecule has 0 aliphatic heterocycles. The summed E-state index contributed by atoms with van der Waals surface area (Å²) < 4.78 is 0. The third-order valence-electron chi connectivity index (χ3n) is 3.99. The molecule has 0 saturated carbocycles. The first-order valence-corrected chi connectivity index (χ1v) is 8.00. The van der Waals surface area contributed by atoms with Crippen molar-refractivity contribution in [2.45, 2.75) is 0 Å². The van der Waals surface area contributed by atoms with Crippen LogP contribution in [0.1, 0.15) is 26.3 Å². The van der Waals surface area contributed by atoms with Gasteiger partial charge in [-0.25, -0.2) is 0 Å². The van der Waals surface area contributed by atoms with E-state index in [9.17, 15) is 9.59 Å². The van der Waals surface area contributed by atoms with Crippen molar-refractivity contribution >= 4 is 11.7 Å². The maximum absolute atomic E-state index is 12.5. The zero-order chi connectivity index (χ0) is 17.8. The predicted octanol–water partition coefficient (Wildman–Crippen LogP) is 4.09. The molecule has 0 fully saturated rings. The fourth-order valence-electron chi connectivity index (χ4n) is 2.66. The first kappa shape index (κ1) is 16.7. The Morgan fingerprint density at radius 2 is 1.48 bits per heavy atom. The molecule has 0 bridgehead atoms. The SMILES string of the molecule is CN(C)C(=O)c1c[c]ccc1-c1ccc(C(=O)c2ccccc2)cc1. The molecule has 0 unspecified atom stereocenters. The van der Waals surface area contributed by atoms with Gasteiger partial charge in [0.15, 0.2) is 5.78 Å². The molecular weight excluding hydrogens is 310 g/mol. The van der Waals surface area contributed by atoms with Gasteiger partial charge in [0.25, 0.3) is 5.91 Å². The molecule has 0 N–H and O–H groups in total. The van der Waals surface area contributed by atoms with E-state index in [-0.39, 0.29) is 11.7 Å². The van der Waals surface area contributed by atoms with Gasteiger partial charge in [0.05, 0.1) is 0 Å². The second kappa shape index (κ2) is 7.14. The quantitative estimate of drug-likeness (QED) is 0.677. The minimum atomic E-state index is -0.0729. The van der Waals surface area contributed by atoms with E-state index in [0.29, 0.717) is 16.7 Å². The molecule has 1 amide bonds. The molecule has 0 heterocycles. The van der Waals surface area contributed by atoms with Crippen LogP contribution in [0.15, 0.2) is 72.8 Å². The van der Waals surface area contributed by atoms with Crippen LogP contribution in [0.3, 0.4) is 0 Å². The maximum atomic E-state index is 12.5. The highest BCUT2D eigenvalue weighted by Gasteiger charge is 2.15. The van der Waals surface area contributed by atoms with Gasteiger partial charge in [-0.3, -0.25) is 9.59 Å². The highest BCUT2D eigenvalue weighted by molar-refractivity contribution is 6.09. The maximum Gasteiger partial charge on any atom is 0.253 e. The zero-order valence-electron chi connectivity index (χ0n) is 14.2. The van der Waals surface area contributed by atoms with E-state index in [2.05, 4.69) is 6.07 Å². The normalized spacial score (nSPS) is 10.3. The van der Waals surface area contributed by atoms with Gasteiger partial charge in [0, 0.05) is 30.8 Å². The van der Waals surface area contributed by atoms with Gasteiger partial charge < -0.3 is 4.90 Å². The monoisotopic (exact) mass is 328 g/mol. The molecule has 25 heavy (non-hydrogen) atoms. The van der Waals surface area contributed by atoms with Crippen molar-refractivity contribution in [2.24, 2.45) is 0 Å². The summed E-state index contributed by atoms with van der Waals surface area (Å²) in [6, 6.07) is 24.8. The van der Waals surface area contributed by atoms with Gasteiger partial charge in [-0.05, 0) is 23.3 Å². The summed E-state index contributed by atoms with van der Waals surface area (Å²) in [5, 5.41) is 0. The fourth-order valence-corrected chi connectivity index (χ4v) is 2.66. The molecule has 123 valence electrons. The van der Waals surface area contributed by atoms with E-state index in [4.69, 9.17) is 0 Å². The third kappa shape index (κ3) is 3.50. The van der Waals surface area contributed by atoms with Crippen LogP contribution >= 0.6 is 0 Å².